The fourth-order valence-electron chi connectivity index (χ4n) is 4.64. The predicted octanol–water partition coefficient (Wildman–Crippen LogP) is 5.37. The van der Waals surface area contributed by atoms with Crippen LogP contribution in [0.25, 0.3) is 0 Å². The molecule has 2 bridgehead atoms. The fraction of sp³-hybridized carbons (Fsp3) is 0.609. The number of carbonyl (C=O) groups is 1. The van der Waals surface area contributed by atoms with Crippen molar-refractivity contribution in [2.75, 3.05) is 0 Å². The first-order chi connectivity index (χ1) is 12.6. The standard InChI is InChI=1S/C23H32O3Si/c1-22(2,3)27(4,5)26-19-13-9-10-16-15-23(17-11-7-6-8-12-17)20(24)14-18(19)21(16)25-23/h6-8,11-12,14,16,19,21H,9-10,13,15H2,1-5H3/t16-,19?,21+,23+/m1/s1. The lowest BCUT2D eigenvalue weighted by molar-refractivity contribution is -0.141. The molecule has 0 N–H and O–H groups in total. The number of carbonyl (C=O) groups excluding carboxylic acids is 1. The molecule has 0 radical (unpaired) electrons. The van der Waals surface area contributed by atoms with E-state index < -0.39 is 13.9 Å². The van der Waals surface area contributed by atoms with Crippen molar-refractivity contribution < 1.29 is 14.0 Å². The molecule has 27 heavy (non-hydrogen) atoms. The minimum atomic E-state index is -1.91. The summed E-state index contributed by atoms with van der Waals surface area (Å²) in [7, 11) is -1.91. The molecule has 3 aliphatic rings. The van der Waals surface area contributed by atoms with Gasteiger partial charge in [-0.05, 0) is 60.5 Å². The van der Waals surface area contributed by atoms with Gasteiger partial charge in [0.1, 0.15) is 0 Å². The molecule has 0 spiro atoms. The van der Waals surface area contributed by atoms with Crippen LogP contribution in [0.5, 0.6) is 0 Å². The third kappa shape index (κ3) is 3.06. The van der Waals surface area contributed by atoms with E-state index in [1.165, 1.54) is 0 Å². The summed E-state index contributed by atoms with van der Waals surface area (Å²) in [6.07, 6.45) is 6.00. The molecule has 0 aromatic heterocycles. The maximum atomic E-state index is 13.3. The summed E-state index contributed by atoms with van der Waals surface area (Å²) in [6, 6.07) is 10.1. The molecule has 2 fully saturated rings. The molecule has 1 aromatic carbocycles. The van der Waals surface area contributed by atoms with E-state index in [2.05, 4.69) is 33.9 Å². The Hall–Kier alpha value is -1.23. The van der Waals surface area contributed by atoms with Gasteiger partial charge >= 0.3 is 0 Å². The van der Waals surface area contributed by atoms with Crippen molar-refractivity contribution in [2.45, 2.75) is 82.4 Å². The highest BCUT2D eigenvalue weighted by atomic mass is 28.4. The molecule has 2 aliphatic heterocycles. The van der Waals surface area contributed by atoms with E-state index in [0.717, 1.165) is 36.8 Å². The van der Waals surface area contributed by atoms with Gasteiger partial charge in [-0.3, -0.25) is 4.79 Å². The van der Waals surface area contributed by atoms with Gasteiger partial charge in [0, 0.05) is 0 Å². The molecule has 4 heteroatoms. The molecule has 1 saturated heterocycles. The molecular formula is C23H32O3Si. The van der Waals surface area contributed by atoms with Crippen LogP contribution in [0.2, 0.25) is 18.1 Å². The number of fused-ring (bicyclic) bond motifs is 1. The number of hydrogen-bond acceptors (Lipinski definition) is 3. The second-order valence-electron chi connectivity index (χ2n) is 10.0. The highest BCUT2D eigenvalue weighted by molar-refractivity contribution is 6.74. The van der Waals surface area contributed by atoms with E-state index >= 15 is 0 Å². The normalized spacial score (nSPS) is 33.6. The largest absolute Gasteiger partial charge is 0.410 e. The zero-order valence-electron chi connectivity index (χ0n) is 17.2. The molecule has 4 rings (SSSR count). The monoisotopic (exact) mass is 384 g/mol. The summed E-state index contributed by atoms with van der Waals surface area (Å²) >= 11 is 0. The van der Waals surface area contributed by atoms with Crippen LogP contribution in [-0.2, 0) is 19.6 Å². The molecule has 2 heterocycles. The van der Waals surface area contributed by atoms with Crippen LogP contribution in [0.3, 0.4) is 0 Å². The minimum Gasteiger partial charge on any atom is -0.410 e. The lowest BCUT2D eigenvalue weighted by atomic mass is 9.83. The summed E-state index contributed by atoms with van der Waals surface area (Å²) in [5, 5.41) is 0.155. The summed E-state index contributed by atoms with van der Waals surface area (Å²) in [4.78, 5) is 13.3. The van der Waals surface area contributed by atoms with E-state index in [-0.39, 0.29) is 23.0 Å². The Balaban J connectivity index is 1.70. The third-order valence-corrected chi connectivity index (χ3v) is 11.7. The maximum absolute atomic E-state index is 13.3. The van der Waals surface area contributed by atoms with Crippen LogP contribution < -0.4 is 0 Å². The zero-order chi connectivity index (χ0) is 19.4. The highest BCUT2D eigenvalue weighted by Crippen LogP contribution is 2.53. The van der Waals surface area contributed by atoms with E-state index in [0.29, 0.717) is 5.92 Å². The van der Waals surface area contributed by atoms with Crippen molar-refractivity contribution >= 4 is 14.1 Å². The topological polar surface area (TPSA) is 35.5 Å². The number of ether oxygens (including phenoxy) is 1. The highest BCUT2D eigenvalue weighted by Gasteiger charge is 2.57. The smallest absolute Gasteiger partial charge is 0.192 e. The van der Waals surface area contributed by atoms with Crippen LogP contribution in [0.1, 0.15) is 52.0 Å². The van der Waals surface area contributed by atoms with Gasteiger partial charge in [0.25, 0.3) is 0 Å². The van der Waals surface area contributed by atoms with Crippen molar-refractivity contribution in [1.29, 1.82) is 0 Å². The Kier molecular flexibility index (Phi) is 4.52. The molecule has 3 nitrogen and oxygen atoms in total. The zero-order valence-corrected chi connectivity index (χ0v) is 18.2. The summed E-state index contributed by atoms with van der Waals surface area (Å²) in [5.74, 6) is 0.518. The van der Waals surface area contributed by atoms with Gasteiger partial charge in [0.05, 0.1) is 12.2 Å². The predicted molar refractivity (Wildman–Crippen MR) is 110 cm³/mol. The first-order valence-electron chi connectivity index (χ1n) is 10.3. The van der Waals surface area contributed by atoms with E-state index in [9.17, 15) is 4.79 Å². The summed E-state index contributed by atoms with van der Waals surface area (Å²) in [5.41, 5.74) is 1.33. The molecule has 0 amide bonds. The van der Waals surface area contributed by atoms with Gasteiger partial charge in [0.2, 0.25) is 0 Å². The Bertz CT molecular complexity index is 762. The van der Waals surface area contributed by atoms with Gasteiger partial charge < -0.3 is 9.16 Å². The lowest BCUT2D eigenvalue weighted by Crippen LogP contribution is -2.47. The SMILES string of the molecule is CC(C)(C)[Si](C)(C)OC1CCC[C@@H]2C[C@@]3(c4ccccc4)O[C@@H]2C1=CC3=O. The Morgan fingerprint density at radius 3 is 2.52 bits per heavy atom. The van der Waals surface area contributed by atoms with E-state index in [1.807, 2.05) is 36.4 Å². The first kappa shape index (κ1) is 19.1. The number of hydrogen-bond donors (Lipinski definition) is 0. The van der Waals surface area contributed by atoms with Crippen LogP contribution in [0, 0.1) is 5.92 Å². The lowest BCUT2D eigenvalue weighted by Gasteiger charge is -2.41. The van der Waals surface area contributed by atoms with Gasteiger partial charge in [-0.2, -0.15) is 0 Å². The van der Waals surface area contributed by atoms with E-state index in [1.54, 1.807) is 0 Å². The Morgan fingerprint density at radius 2 is 1.85 bits per heavy atom. The van der Waals surface area contributed by atoms with Gasteiger partial charge in [-0.1, -0.05) is 57.5 Å². The average Bonchev–Trinajstić information content (AvgIpc) is 2.86. The molecule has 1 aliphatic carbocycles. The van der Waals surface area contributed by atoms with Gasteiger partial charge in [-0.25, -0.2) is 0 Å². The quantitative estimate of drug-likeness (QED) is 0.657. The third-order valence-electron chi connectivity index (χ3n) is 7.23. The van der Waals surface area contributed by atoms with Crippen LogP contribution >= 0.6 is 0 Å². The molecule has 1 unspecified atom stereocenters. The number of rotatable bonds is 3. The van der Waals surface area contributed by atoms with Crippen LogP contribution in [0.15, 0.2) is 42.0 Å². The van der Waals surface area contributed by atoms with Crippen LogP contribution in [-0.4, -0.2) is 26.3 Å². The first-order valence-corrected chi connectivity index (χ1v) is 13.2. The summed E-state index contributed by atoms with van der Waals surface area (Å²) in [6.45, 7) is 11.4. The van der Waals surface area contributed by atoms with Crippen molar-refractivity contribution in [2.24, 2.45) is 5.92 Å². The second-order valence-corrected chi connectivity index (χ2v) is 14.8. The van der Waals surface area contributed by atoms with Gasteiger partial charge in [0.15, 0.2) is 19.7 Å². The summed E-state index contributed by atoms with van der Waals surface area (Å²) < 4.78 is 13.4. The minimum absolute atomic E-state index is 0.0247. The second kappa shape index (κ2) is 6.40. The number of ketones is 1. The van der Waals surface area contributed by atoms with Crippen LogP contribution in [0.4, 0.5) is 0 Å². The van der Waals surface area contributed by atoms with E-state index in [4.69, 9.17) is 9.16 Å². The molecule has 4 atom stereocenters. The molecule has 1 saturated carbocycles. The number of benzene rings is 1. The van der Waals surface area contributed by atoms with Crippen molar-refractivity contribution in [3.63, 3.8) is 0 Å². The van der Waals surface area contributed by atoms with Crippen molar-refractivity contribution in [3.05, 3.63) is 47.5 Å². The molecule has 1 aromatic rings. The maximum Gasteiger partial charge on any atom is 0.192 e. The molecular weight excluding hydrogens is 352 g/mol. The molecule has 146 valence electrons. The fourth-order valence-corrected chi connectivity index (χ4v) is 5.96. The Labute approximate surface area is 164 Å². The van der Waals surface area contributed by atoms with Crippen molar-refractivity contribution in [3.8, 4) is 0 Å². The van der Waals surface area contributed by atoms with Crippen molar-refractivity contribution in [1.82, 2.24) is 0 Å². The average molecular weight is 385 g/mol. The Morgan fingerprint density at radius 1 is 1.15 bits per heavy atom. The van der Waals surface area contributed by atoms with Gasteiger partial charge in [-0.15, -0.1) is 0 Å².